The van der Waals surface area contributed by atoms with Crippen LogP contribution in [0.4, 0.5) is 0 Å². The minimum atomic E-state index is 0.559. The lowest BCUT2D eigenvalue weighted by Crippen LogP contribution is -2.00. The molecule has 3 aromatic rings. The summed E-state index contributed by atoms with van der Waals surface area (Å²) in [4.78, 5) is 11.3. The molecular formula is C18H15ClN2O2. The minimum absolute atomic E-state index is 0.559. The Balaban J connectivity index is 1.90. The van der Waals surface area contributed by atoms with Gasteiger partial charge in [-0.3, -0.25) is 9.48 Å². The molecule has 5 heteroatoms. The fourth-order valence-corrected chi connectivity index (χ4v) is 2.48. The highest BCUT2D eigenvalue weighted by molar-refractivity contribution is 6.30. The number of aldehydes is 1. The summed E-state index contributed by atoms with van der Waals surface area (Å²) in [6, 6.07) is 15.0. The van der Waals surface area contributed by atoms with E-state index in [4.69, 9.17) is 16.3 Å². The third-order valence-corrected chi connectivity index (χ3v) is 3.79. The first kappa shape index (κ1) is 15.3. The van der Waals surface area contributed by atoms with Crippen molar-refractivity contribution in [2.75, 3.05) is 7.11 Å². The molecule has 0 spiro atoms. The smallest absolute Gasteiger partial charge is 0.153 e. The zero-order valence-electron chi connectivity index (χ0n) is 12.6. The first-order valence-corrected chi connectivity index (χ1v) is 7.49. The largest absolute Gasteiger partial charge is 0.497 e. The number of aromatic nitrogens is 2. The molecule has 0 amide bonds. The standard InChI is InChI=1S/C18H15ClN2O2/c1-23-17-8-4-14(5-9-17)18-15(12-22)11-21(20-18)10-13-2-6-16(19)7-3-13/h2-9,11-12H,10H2,1H3. The molecule has 0 aliphatic rings. The number of halogens is 1. The Kier molecular flexibility index (Phi) is 4.44. The van der Waals surface area contributed by atoms with Crippen molar-refractivity contribution in [3.8, 4) is 17.0 Å². The van der Waals surface area contributed by atoms with Crippen molar-refractivity contribution in [1.82, 2.24) is 9.78 Å². The summed E-state index contributed by atoms with van der Waals surface area (Å²) >= 11 is 5.89. The second kappa shape index (κ2) is 6.67. The van der Waals surface area contributed by atoms with Gasteiger partial charge in [0.2, 0.25) is 0 Å². The number of carbonyl (C=O) groups is 1. The van der Waals surface area contributed by atoms with Gasteiger partial charge in [0.15, 0.2) is 6.29 Å². The molecule has 23 heavy (non-hydrogen) atoms. The minimum Gasteiger partial charge on any atom is -0.497 e. The molecular weight excluding hydrogens is 312 g/mol. The summed E-state index contributed by atoms with van der Waals surface area (Å²) in [7, 11) is 1.62. The molecule has 0 bridgehead atoms. The fraction of sp³-hybridized carbons (Fsp3) is 0.111. The highest BCUT2D eigenvalue weighted by Crippen LogP contribution is 2.24. The number of benzene rings is 2. The maximum Gasteiger partial charge on any atom is 0.153 e. The van der Waals surface area contributed by atoms with Gasteiger partial charge in [-0.1, -0.05) is 23.7 Å². The van der Waals surface area contributed by atoms with Gasteiger partial charge < -0.3 is 4.74 Å². The molecule has 0 saturated carbocycles. The van der Waals surface area contributed by atoms with Crippen LogP contribution in [0.25, 0.3) is 11.3 Å². The molecule has 116 valence electrons. The van der Waals surface area contributed by atoms with Gasteiger partial charge in [-0.2, -0.15) is 5.10 Å². The molecule has 0 atom stereocenters. The molecule has 0 unspecified atom stereocenters. The van der Waals surface area contributed by atoms with Crippen molar-refractivity contribution >= 4 is 17.9 Å². The SMILES string of the molecule is COc1ccc(-c2nn(Cc3ccc(Cl)cc3)cc2C=O)cc1. The Morgan fingerprint density at radius 3 is 2.43 bits per heavy atom. The number of rotatable bonds is 5. The number of ether oxygens (including phenoxy) is 1. The van der Waals surface area contributed by atoms with Crippen LogP contribution in [0.15, 0.2) is 54.7 Å². The lowest BCUT2D eigenvalue weighted by molar-refractivity contribution is 0.112. The number of hydrogen-bond acceptors (Lipinski definition) is 3. The van der Waals surface area contributed by atoms with Crippen molar-refractivity contribution in [2.24, 2.45) is 0 Å². The third-order valence-electron chi connectivity index (χ3n) is 3.54. The zero-order valence-corrected chi connectivity index (χ0v) is 13.3. The summed E-state index contributed by atoms with van der Waals surface area (Å²) in [5.74, 6) is 0.766. The molecule has 0 N–H and O–H groups in total. The van der Waals surface area contributed by atoms with E-state index in [1.807, 2.05) is 48.5 Å². The van der Waals surface area contributed by atoms with E-state index >= 15 is 0 Å². The monoisotopic (exact) mass is 326 g/mol. The first-order valence-electron chi connectivity index (χ1n) is 7.11. The van der Waals surface area contributed by atoms with Crippen molar-refractivity contribution < 1.29 is 9.53 Å². The predicted octanol–water partition coefficient (Wildman–Crippen LogP) is 4.07. The van der Waals surface area contributed by atoms with Crippen molar-refractivity contribution in [1.29, 1.82) is 0 Å². The zero-order chi connectivity index (χ0) is 16.2. The summed E-state index contributed by atoms with van der Waals surface area (Å²) in [5, 5.41) is 5.23. The van der Waals surface area contributed by atoms with E-state index < -0.39 is 0 Å². The topological polar surface area (TPSA) is 44.1 Å². The normalized spacial score (nSPS) is 10.5. The van der Waals surface area contributed by atoms with Crippen LogP contribution in [0.1, 0.15) is 15.9 Å². The molecule has 0 fully saturated rings. The van der Waals surface area contributed by atoms with Crippen LogP contribution < -0.4 is 4.74 Å². The second-order valence-electron chi connectivity index (χ2n) is 5.10. The van der Waals surface area contributed by atoms with E-state index in [1.54, 1.807) is 18.0 Å². The van der Waals surface area contributed by atoms with Gasteiger partial charge in [-0.05, 0) is 42.0 Å². The molecule has 0 aliphatic carbocycles. The van der Waals surface area contributed by atoms with Crippen LogP contribution in [0, 0.1) is 0 Å². The maximum absolute atomic E-state index is 11.3. The average Bonchev–Trinajstić information content (AvgIpc) is 3.00. The van der Waals surface area contributed by atoms with Crippen LogP contribution in [-0.2, 0) is 6.54 Å². The maximum atomic E-state index is 11.3. The van der Waals surface area contributed by atoms with Gasteiger partial charge in [0.1, 0.15) is 11.4 Å². The average molecular weight is 327 g/mol. The molecule has 1 aromatic heterocycles. The van der Waals surface area contributed by atoms with Crippen LogP contribution >= 0.6 is 11.6 Å². The van der Waals surface area contributed by atoms with Crippen LogP contribution in [0.2, 0.25) is 5.02 Å². The van der Waals surface area contributed by atoms with Crippen LogP contribution in [0.3, 0.4) is 0 Å². The van der Waals surface area contributed by atoms with Gasteiger partial charge >= 0.3 is 0 Å². The number of methoxy groups -OCH3 is 1. The summed E-state index contributed by atoms with van der Waals surface area (Å²) in [6.45, 7) is 0.578. The van der Waals surface area contributed by atoms with Gasteiger partial charge in [0, 0.05) is 16.8 Å². The van der Waals surface area contributed by atoms with E-state index in [0.717, 1.165) is 23.2 Å². The quantitative estimate of drug-likeness (QED) is 0.664. The Labute approximate surface area is 139 Å². The number of carbonyl (C=O) groups excluding carboxylic acids is 1. The third kappa shape index (κ3) is 3.43. The fourth-order valence-electron chi connectivity index (χ4n) is 2.35. The highest BCUT2D eigenvalue weighted by Gasteiger charge is 2.11. The lowest BCUT2D eigenvalue weighted by atomic mass is 10.1. The highest BCUT2D eigenvalue weighted by atomic mass is 35.5. The molecule has 0 radical (unpaired) electrons. The van der Waals surface area contributed by atoms with Crippen LogP contribution in [-0.4, -0.2) is 23.2 Å². The second-order valence-corrected chi connectivity index (χ2v) is 5.54. The number of nitrogens with zero attached hydrogens (tertiary/aromatic N) is 2. The van der Waals surface area contributed by atoms with Crippen LogP contribution in [0.5, 0.6) is 5.75 Å². The summed E-state index contributed by atoms with van der Waals surface area (Å²) < 4.78 is 6.91. The lowest BCUT2D eigenvalue weighted by Gasteiger charge is -2.03. The molecule has 3 rings (SSSR count). The molecule has 0 saturated heterocycles. The first-order chi connectivity index (χ1) is 11.2. The Morgan fingerprint density at radius 2 is 1.83 bits per heavy atom. The summed E-state index contributed by atoms with van der Waals surface area (Å²) in [5.41, 5.74) is 3.17. The van der Waals surface area contributed by atoms with Crippen molar-refractivity contribution in [2.45, 2.75) is 6.54 Å². The van der Waals surface area contributed by atoms with E-state index in [-0.39, 0.29) is 0 Å². The Hall–Kier alpha value is -2.59. The molecule has 0 aliphatic heterocycles. The van der Waals surface area contributed by atoms with Gasteiger partial charge in [0.05, 0.1) is 19.2 Å². The summed E-state index contributed by atoms with van der Waals surface area (Å²) in [6.07, 6.45) is 2.58. The number of hydrogen-bond donors (Lipinski definition) is 0. The van der Waals surface area contributed by atoms with E-state index in [2.05, 4.69) is 5.10 Å². The van der Waals surface area contributed by atoms with Gasteiger partial charge in [-0.15, -0.1) is 0 Å². The predicted molar refractivity (Wildman–Crippen MR) is 90.2 cm³/mol. The molecule has 1 heterocycles. The Bertz CT molecular complexity index is 808. The Morgan fingerprint density at radius 1 is 1.13 bits per heavy atom. The van der Waals surface area contributed by atoms with Crippen molar-refractivity contribution in [3.63, 3.8) is 0 Å². The van der Waals surface area contributed by atoms with E-state index in [9.17, 15) is 4.79 Å². The van der Waals surface area contributed by atoms with Gasteiger partial charge in [0.25, 0.3) is 0 Å². The van der Waals surface area contributed by atoms with Gasteiger partial charge in [-0.25, -0.2) is 0 Å². The van der Waals surface area contributed by atoms with E-state index in [1.165, 1.54) is 0 Å². The molecule has 2 aromatic carbocycles. The van der Waals surface area contributed by atoms with Crippen molar-refractivity contribution in [3.05, 3.63) is 70.9 Å². The molecule has 4 nitrogen and oxygen atoms in total. The van der Waals surface area contributed by atoms with E-state index in [0.29, 0.717) is 22.8 Å².